The van der Waals surface area contributed by atoms with Crippen LogP contribution in [0.15, 0.2) is 12.1 Å². The van der Waals surface area contributed by atoms with Crippen LogP contribution in [0.5, 0.6) is 0 Å². The van der Waals surface area contributed by atoms with E-state index < -0.39 is 0 Å². The molecule has 1 fully saturated rings. The van der Waals surface area contributed by atoms with Crippen molar-refractivity contribution >= 4 is 0 Å². The van der Waals surface area contributed by atoms with Crippen LogP contribution in [-0.2, 0) is 6.42 Å². The summed E-state index contributed by atoms with van der Waals surface area (Å²) in [6, 6.07) is 6.42. The van der Waals surface area contributed by atoms with Gasteiger partial charge >= 0.3 is 0 Å². The Kier molecular flexibility index (Phi) is 3.84. The summed E-state index contributed by atoms with van der Waals surface area (Å²) in [5, 5.41) is 9.01. The Bertz CT molecular complexity index is 434. The first-order chi connectivity index (χ1) is 8.22. The molecule has 1 aliphatic carbocycles. The Balaban J connectivity index is 2.16. The molecule has 17 heavy (non-hydrogen) atoms. The smallest absolute Gasteiger partial charge is 0.0994 e. The molecule has 0 bridgehead atoms. The summed E-state index contributed by atoms with van der Waals surface area (Å²) in [5.41, 5.74) is 4.78. The van der Waals surface area contributed by atoms with E-state index >= 15 is 0 Å². The van der Waals surface area contributed by atoms with Gasteiger partial charge in [-0.05, 0) is 48.9 Å². The largest absolute Gasteiger partial charge is 0.192 e. The number of hydrogen-bond donors (Lipinski definition) is 0. The lowest BCUT2D eigenvalue weighted by Crippen LogP contribution is -2.10. The van der Waals surface area contributed by atoms with E-state index in [-0.39, 0.29) is 0 Å². The Hall–Kier alpha value is -1.29. The lowest BCUT2D eigenvalue weighted by atomic mass is 9.83. The summed E-state index contributed by atoms with van der Waals surface area (Å²) < 4.78 is 0. The predicted octanol–water partition coefficient (Wildman–Crippen LogP) is 4.30. The van der Waals surface area contributed by atoms with Gasteiger partial charge in [0.15, 0.2) is 0 Å². The Labute approximate surface area is 104 Å². The van der Waals surface area contributed by atoms with Gasteiger partial charge in [0.1, 0.15) is 0 Å². The highest BCUT2D eigenvalue weighted by molar-refractivity contribution is 5.45. The van der Waals surface area contributed by atoms with E-state index in [0.717, 1.165) is 11.5 Å². The van der Waals surface area contributed by atoms with Crippen molar-refractivity contribution in [1.29, 1.82) is 5.26 Å². The summed E-state index contributed by atoms with van der Waals surface area (Å²) >= 11 is 0. The molecular formula is C16H21N. The van der Waals surface area contributed by atoms with Crippen molar-refractivity contribution in [3.63, 3.8) is 0 Å². The molecule has 0 spiro atoms. The summed E-state index contributed by atoms with van der Waals surface area (Å²) in [6.07, 6.45) is 8.20. The zero-order valence-corrected chi connectivity index (χ0v) is 10.9. The minimum atomic E-state index is 0.829. The maximum absolute atomic E-state index is 9.01. The summed E-state index contributed by atoms with van der Waals surface area (Å²) in [4.78, 5) is 0. The molecular weight excluding hydrogens is 206 g/mol. The molecule has 1 heteroatoms. The highest BCUT2D eigenvalue weighted by atomic mass is 14.3. The van der Waals surface area contributed by atoms with Crippen LogP contribution in [0.4, 0.5) is 0 Å². The molecule has 1 aromatic rings. The molecule has 0 aromatic heterocycles. The van der Waals surface area contributed by atoms with Gasteiger partial charge in [0.2, 0.25) is 0 Å². The van der Waals surface area contributed by atoms with Crippen LogP contribution >= 0.6 is 0 Å². The second-order valence-corrected chi connectivity index (χ2v) is 5.34. The van der Waals surface area contributed by atoms with Gasteiger partial charge in [0.05, 0.1) is 11.6 Å². The molecule has 0 heterocycles. The van der Waals surface area contributed by atoms with Crippen molar-refractivity contribution in [1.82, 2.24) is 0 Å². The second-order valence-electron chi connectivity index (χ2n) is 5.34. The highest BCUT2D eigenvalue weighted by Gasteiger charge is 2.15. The van der Waals surface area contributed by atoms with Gasteiger partial charge in [-0.25, -0.2) is 0 Å². The van der Waals surface area contributed by atoms with Crippen molar-refractivity contribution in [2.45, 2.75) is 52.4 Å². The van der Waals surface area contributed by atoms with E-state index in [1.807, 2.05) is 6.07 Å². The summed E-state index contributed by atoms with van der Waals surface area (Å²) in [7, 11) is 0. The van der Waals surface area contributed by atoms with Crippen LogP contribution in [0.2, 0.25) is 0 Å². The zero-order chi connectivity index (χ0) is 12.3. The molecule has 0 N–H and O–H groups in total. The SMILES string of the molecule is Cc1c(C#N)ccc(CC2CCCCC2)c1C. The van der Waals surface area contributed by atoms with Crippen LogP contribution in [0, 0.1) is 31.1 Å². The van der Waals surface area contributed by atoms with Crippen molar-refractivity contribution in [3.8, 4) is 6.07 Å². The number of hydrogen-bond acceptors (Lipinski definition) is 1. The molecule has 0 radical (unpaired) electrons. The van der Waals surface area contributed by atoms with Gasteiger partial charge in [-0.3, -0.25) is 0 Å². The fraction of sp³-hybridized carbons (Fsp3) is 0.562. The molecule has 0 atom stereocenters. The normalized spacial score (nSPS) is 16.8. The Morgan fingerprint density at radius 3 is 2.47 bits per heavy atom. The number of nitrogens with zero attached hydrogens (tertiary/aromatic N) is 1. The first-order valence-electron chi connectivity index (χ1n) is 6.71. The minimum absolute atomic E-state index is 0.829. The zero-order valence-electron chi connectivity index (χ0n) is 10.9. The van der Waals surface area contributed by atoms with Crippen molar-refractivity contribution in [2.24, 2.45) is 5.92 Å². The monoisotopic (exact) mass is 227 g/mol. The first kappa shape index (κ1) is 12.2. The topological polar surface area (TPSA) is 23.8 Å². The number of rotatable bonds is 2. The third kappa shape index (κ3) is 2.69. The van der Waals surface area contributed by atoms with E-state index in [4.69, 9.17) is 5.26 Å². The van der Waals surface area contributed by atoms with Gasteiger partial charge in [-0.1, -0.05) is 38.2 Å². The molecule has 1 nitrogen and oxygen atoms in total. The fourth-order valence-electron chi connectivity index (χ4n) is 2.92. The van der Waals surface area contributed by atoms with Gasteiger partial charge in [-0.15, -0.1) is 0 Å². The molecule has 0 saturated heterocycles. The maximum Gasteiger partial charge on any atom is 0.0994 e. The van der Waals surface area contributed by atoms with Crippen molar-refractivity contribution in [3.05, 3.63) is 34.4 Å². The molecule has 90 valence electrons. The summed E-state index contributed by atoms with van der Waals surface area (Å²) in [6.45, 7) is 4.23. The number of nitriles is 1. The van der Waals surface area contributed by atoms with Gasteiger partial charge in [0.25, 0.3) is 0 Å². The molecule has 1 aromatic carbocycles. The third-order valence-electron chi connectivity index (χ3n) is 4.25. The highest BCUT2D eigenvalue weighted by Crippen LogP contribution is 2.29. The second kappa shape index (κ2) is 5.36. The van der Waals surface area contributed by atoms with E-state index in [1.54, 1.807) is 0 Å². The number of benzene rings is 1. The van der Waals surface area contributed by atoms with Crippen LogP contribution in [-0.4, -0.2) is 0 Å². The van der Waals surface area contributed by atoms with Crippen molar-refractivity contribution < 1.29 is 0 Å². The molecule has 0 amide bonds. The van der Waals surface area contributed by atoms with E-state index in [1.165, 1.54) is 55.2 Å². The predicted molar refractivity (Wildman–Crippen MR) is 70.9 cm³/mol. The Morgan fingerprint density at radius 1 is 1.12 bits per heavy atom. The third-order valence-corrected chi connectivity index (χ3v) is 4.25. The molecule has 0 aliphatic heterocycles. The molecule has 1 saturated carbocycles. The fourth-order valence-corrected chi connectivity index (χ4v) is 2.92. The van der Waals surface area contributed by atoms with Crippen LogP contribution < -0.4 is 0 Å². The van der Waals surface area contributed by atoms with E-state index in [0.29, 0.717) is 0 Å². The average molecular weight is 227 g/mol. The molecule has 0 unspecified atom stereocenters. The lowest BCUT2D eigenvalue weighted by Gasteiger charge is -2.22. The average Bonchev–Trinajstić information content (AvgIpc) is 2.37. The first-order valence-corrected chi connectivity index (χ1v) is 6.71. The maximum atomic E-state index is 9.01. The van der Waals surface area contributed by atoms with Crippen molar-refractivity contribution in [2.75, 3.05) is 0 Å². The standard InChI is InChI=1S/C16H21N/c1-12-13(2)16(11-17)9-8-15(12)10-14-6-4-3-5-7-14/h8-9,14H,3-7,10H2,1-2H3. The quantitative estimate of drug-likeness (QED) is 0.739. The van der Waals surface area contributed by atoms with Crippen LogP contribution in [0.1, 0.15) is 54.4 Å². The van der Waals surface area contributed by atoms with Gasteiger partial charge in [0, 0.05) is 0 Å². The molecule has 1 aliphatic rings. The summed E-state index contributed by atoms with van der Waals surface area (Å²) in [5.74, 6) is 0.870. The molecule has 2 rings (SSSR count). The van der Waals surface area contributed by atoms with Crippen LogP contribution in [0.3, 0.4) is 0 Å². The minimum Gasteiger partial charge on any atom is -0.192 e. The lowest BCUT2D eigenvalue weighted by molar-refractivity contribution is 0.356. The van der Waals surface area contributed by atoms with Gasteiger partial charge in [-0.2, -0.15) is 5.26 Å². The van der Waals surface area contributed by atoms with Crippen LogP contribution in [0.25, 0.3) is 0 Å². The van der Waals surface area contributed by atoms with Gasteiger partial charge < -0.3 is 0 Å². The Morgan fingerprint density at radius 2 is 1.82 bits per heavy atom. The van der Waals surface area contributed by atoms with E-state index in [2.05, 4.69) is 26.0 Å². The van der Waals surface area contributed by atoms with E-state index in [9.17, 15) is 0 Å².